The van der Waals surface area contributed by atoms with Gasteiger partial charge in [0.2, 0.25) is 5.91 Å². The molecule has 96 valence electrons. The number of rotatable bonds is 4. The Morgan fingerprint density at radius 2 is 1.94 bits per heavy atom. The zero-order valence-electron chi connectivity index (χ0n) is 10.3. The number of nitrogens with one attached hydrogen (secondary N) is 1. The second-order valence-electron chi connectivity index (χ2n) is 3.98. The zero-order valence-corrected chi connectivity index (χ0v) is 11.8. The summed E-state index contributed by atoms with van der Waals surface area (Å²) < 4.78 is 0. The quantitative estimate of drug-likeness (QED) is 0.898. The van der Waals surface area contributed by atoms with E-state index >= 15 is 0 Å². The Kier molecular flexibility index (Phi) is 5.01. The fourth-order valence-corrected chi connectivity index (χ4v) is 1.90. The maximum atomic E-state index is 12.1. The van der Waals surface area contributed by atoms with Crippen LogP contribution >= 0.6 is 23.2 Å². The molecule has 0 bridgehead atoms. The van der Waals surface area contributed by atoms with Crippen molar-refractivity contribution in [1.82, 2.24) is 0 Å². The number of amides is 1. The number of carbonyl (C=O) groups excluding carboxylic acids is 1. The average molecular weight is 285 g/mol. The third kappa shape index (κ3) is 2.95. The molecule has 1 aromatic rings. The molecule has 3 nitrogen and oxygen atoms in total. The summed E-state index contributed by atoms with van der Waals surface area (Å²) in [5.74, 6) is -0.312. The number of hydrogen-bond donors (Lipinski definition) is 1. The SMILES string of the molecule is CCC(C#N)(CC)C(=O)Nc1ccc(Cl)c(Cl)c1. The molecule has 1 rings (SSSR count). The number of nitrogens with zero attached hydrogens (tertiary/aromatic N) is 1. The van der Waals surface area contributed by atoms with Gasteiger partial charge in [-0.1, -0.05) is 37.0 Å². The van der Waals surface area contributed by atoms with Crippen molar-refractivity contribution < 1.29 is 4.79 Å². The fraction of sp³-hybridized carbons (Fsp3) is 0.385. The number of halogens is 2. The Bertz CT molecular complexity index is 490. The first-order chi connectivity index (χ1) is 8.49. The molecule has 1 aromatic carbocycles. The van der Waals surface area contributed by atoms with Crippen LogP contribution in [0.4, 0.5) is 5.69 Å². The van der Waals surface area contributed by atoms with E-state index in [9.17, 15) is 4.79 Å². The molecule has 0 aromatic heterocycles. The van der Waals surface area contributed by atoms with Crippen molar-refractivity contribution in [1.29, 1.82) is 5.26 Å². The second kappa shape index (κ2) is 6.08. The highest BCUT2D eigenvalue weighted by Crippen LogP contribution is 2.29. The Labute approximate surface area is 117 Å². The molecule has 0 aliphatic rings. The van der Waals surface area contributed by atoms with Crippen molar-refractivity contribution in [3.05, 3.63) is 28.2 Å². The molecular formula is C13H14Cl2N2O. The Morgan fingerprint density at radius 1 is 1.33 bits per heavy atom. The smallest absolute Gasteiger partial charge is 0.244 e. The van der Waals surface area contributed by atoms with Gasteiger partial charge < -0.3 is 5.32 Å². The normalized spacial score (nSPS) is 10.8. The van der Waals surface area contributed by atoms with Crippen LogP contribution in [0.2, 0.25) is 10.0 Å². The lowest BCUT2D eigenvalue weighted by molar-refractivity contribution is -0.123. The maximum Gasteiger partial charge on any atom is 0.244 e. The molecule has 0 unspecified atom stereocenters. The van der Waals surface area contributed by atoms with Crippen LogP contribution in [-0.4, -0.2) is 5.91 Å². The van der Waals surface area contributed by atoms with Crippen molar-refractivity contribution in [3.8, 4) is 6.07 Å². The molecule has 1 N–H and O–H groups in total. The van der Waals surface area contributed by atoms with Gasteiger partial charge in [0.25, 0.3) is 0 Å². The third-order valence-corrected chi connectivity index (χ3v) is 3.77. The van der Waals surface area contributed by atoms with Crippen LogP contribution in [0.15, 0.2) is 18.2 Å². The van der Waals surface area contributed by atoms with Gasteiger partial charge >= 0.3 is 0 Å². The summed E-state index contributed by atoms with van der Waals surface area (Å²) in [6.07, 6.45) is 0.931. The van der Waals surface area contributed by atoms with Crippen molar-refractivity contribution in [2.45, 2.75) is 26.7 Å². The van der Waals surface area contributed by atoms with Crippen molar-refractivity contribution >= 4 is 34.8 Å². The van der Waals surface area contributed by atoms with Crippen molar-refractivity contribution in [3.63, 3.8) is 0 Å². The van der Waals surface area contributed by atoms with Gasteiger partial charge in [0.1, 0.15) is 5.41 Å². The lowest BCUT2D eigenvalue weighted by Crippen LogP contribution is -2.33. The standard InChI is InChI=1S/C13H14Cl2N2O/c1-3-13(4-2,8-16)12(18)17-9-5-6-10(14)11(15)7-9/h5-7H,3-4H2,1-2H3,(H,17,18). The Hall–Kier alpha value is -1.24. The summed E-state index contributed by atoms with van der Waals surface area (Å²) in [5, 5.41) is 12.7. The van der Waals surface area contributed by atoms with Gasteiger partial charge in [-0.2, -0.15) is 5.26 Å². The molecule has 0 atom stereocenters. The van der Waals surface area contributed by atoms with Crippen LogP contribution in [-0.2, 0) is 4.79 Å². The molecular weight excluding hydrogens is 271 g/mol. The number of benzene rings is 1. The molecule has 18 heavy (non-hydrogen) atoms. The topological polar surface area (TPSA) is 52.9 Å². The minimum absolute atomic E-state index is 0.312. The summed E-state index contributed by atoms with van der Waals surface area (Å²) in [5.41, 5.74) is -0.456. The van der Waals surface area contributed by atoms with Gasteiger partial charge in [0, 0.05) is 5.69 Å². The molecule has 0 saturated carbocycles. The van der Waals surface area contributed by atoms with Crippen LogP contribution in [0.3, 0.4) is 0 Å². The molecule has 0 spiro atoms. The first kappa shape index (κ1) is 14.8. The number of carbonyl (C=O) groups is 1. The predicted octanol–water partition coefficient (Wildman–Crippen LogP) is 4.26. The van der Waals surface area contributed by atoms with Crippen LogP contribution < -0.4 is 5.32 Å². The van der Waals surface area contributed by atoms with Crippen LogP contribution in [0, 0.1) is 16.7 Å². The van der Waals surface area contributed by atoms with Crippen LogP contribution in [0.1, 0.15) is 26.7 Å². The van der Waals surface area contributed by atoms with Gasteiger partial charge in [0.15, 0.2) is 0 Å². The number of hydrogen-bond acceptors (Lipinski definition) is 2. The van der Waals surface area contributed by atoms with Gasteiger partial charge in [-0.05, 0) is 31.0 Å². The maximum absolute atomic E-state index is 12.1. The largest absolute Gasteiger partial charge is 0.325 e. The van der Waals surface area contributed by atoms with E-state index in [2.05, 4.69) is 11.4 Å². The van der Waals surface area contributed by atoms with E-state index < -0.39 is 5.41 Å². The van der Waals surface area contributed by atoms with Crippen molar-refractivity contribution in [2.24, 2.45) is 5.41 Å². The highest BCUT2D eigenvalue weighted by molar-refractivity contribution is 6.42. The highest BCUT2D eigenvalue weighted by Gasteiger charge is 2.34. The van der Waals surface area contributed by atoms with Gasteiger partial charge in [-0.25, -0.2) is 0 Å². The lowest BCUT2D eigenvalue weighted by atomic mass is 9.83. The van der Waals surface area contributed by atoms with Crippen LogP contribution in [0.25, 0.3) is 0 Å². The van der Waals surface area contributed by atoms with Crippen molar-refractivity contribution in [2.75, 3.05) is 5.32 Å². The van der Waals surface area contributed by atoms with E-state index in [4.69, 9.17) is 28.5 Å². The summed E-state index contributed by atoms with van der Waals surface area (Å²) >= 11 is 11.7. The highest BCUT2D eigenvalue weighted by atomic mass is 35.5. The van der Waals surface area contributed by atoms with Crippen LogP contribution in [0.5, 0.6) is 0 Å². The number of anilines is 1. The number of nitriles is 1. The van der Waals surface area contributed by atoms with Gasteiger partial charge in [-0.15, -0.1) is 0 Å². The summed E-state index contributed by atoms with van der Waals surface area (Å²) in [6.45, 7) is 3.64. The average Bonchev–Trinajstić information content (AvgIpc) is 2.37. The molecule has 0 fully saturated rings. The van der Waals surface area contributed by atoms with E-state index in [1.54, 1.807) is 18.2 Å². The Balaban J connectivity index is 2.94. The van der Waals surface area contributed by atoms with E-state index in [1.807, 2.05) is 13.8 Å². The molecule has 5 heteroatoms. The van der Waals surface area contributed by atoms with E-state index in [0.29, 0.717) is 28.6 Å². The predicted molar refractivity (Wildman–Crippen MR) is 73.7 cm³/mol. The lowest BCUT2D eigenvalue weighted by Gasteiger charge is -2.22. The van der Waals surface area contributed by atoms with Gasteiger partial charge in [-0.3, -0.25) is 4.79 Å². The Morgan fingerprint density at radius 3 is 2.39 bits per heavy atom. The van der Waals surface area contributed by atoms with Gasteiger partial charge in [0.05, 0.1) is 16.1 Å². The molecule has 0 radical (unpaired) electrons. The molecule has 0 heterocycles. The van der Waals surface area contributed by atoms with E-state index in [-0.39, 0.29) is 5.91 Å². The zero-order chi connectivity index (χ0) is 13.8. The second-order valence-corrected chi connectivity index (χ2v) is 4.80. The fourth-order valence-electron chi connectivity index (χ4n) is 1.60. The summed E-state index contributed by atoms with van der Waals surface area (Å²) in [4.78, 5) is 12.1. The minimum atomic E-state index is -0.994. The first-order valence-electron chi connectivity index (χ1n) is 5.67. The third-order valence-electron chi connectivity index (χ3n) is 3.03. The monoisotopic (exact) mass is 284 g/mol. The summed E-state index contributed by atoms with van der Waals surface area (Å²) in [6, 6.07) is 6.91. The summed E-state index contributed by atoms with van der Waals surface area (Å²) in [7, 11) is 0. The van der Waals surface area contributed by atoms with E-state index in [0.717, 1.165) is 0 Å². The van der Waals surface area contributed by atoms with E-state index in [1.165, 1.54) is 0 Å². The molecule has 1 amide bonds. The first-order valence-corrected chi connectivity index (χ1v) is 6.42. The molecule has 0 aliphatic carbocycles. The minimum Gasteiger partial charge on any atom is -0.325 e. The molecule has 0 aliphatic heterocycles. The molecule has 0 saturated heterocycles.